The summed E-state index contributed by atoms with van der Waals surface area (Å²) in [5.41, 5.74) is 5.28. The Labute approximate surface area is 121 Å². The van der Waals surface area contributed by atoms with Crippen molar-refractivity contribution >= 4 is 34.9 Å². The lowest BCUT2D eigenvalue weighted by molar-refractivity contribution is -0.132. The van der Waals surface area contributed by atoms with Gasteiger partial charge in [-0.1, -0.05) is 6.07 Å². The number of nitrogens with two attached hydrogens (primary N) is 1. The first kappa shape index (κ1) is 14.4. The molecule has 0 spiro atoms. The summed E-state index contributed by atoms with van der Waals surface area (Å²) in [4.78, 5) is 26.2. The average Bonchev–Trinajstić information content (AvgIpc) is 2.92. The van der Waals surface area contributed by atoms with Crippen LogP contribution in [0.5, 0.6) is 0 Å². The molecule has 4 nitrogen and oxygen atoms in total. The Morgan fingerprint density at radius 1 is 1.42 bits per heavy atom. The molecule has 19 heavy (non-hydrogen) atoms. The first-order valence-electron chi connectivity index (χ1n) is 6.34. The number of carbonyl (C=O) groups excluding carboxylic acids is 2. The minimum atomic E-state index is -0.237. The minimum Gasteiger partial charge on any atom is -0.369 e. The van der Waals surface area contributed by atoms with Crippen LogP contribution in [0.1, 0.15) is 17.7 Å². The van der Waals surface area contributed by atoms with Crippen LogP contribution < -0.4 is 5.73 Å². The summed E-state index contributed by atoms with van der Waals surface area (Å²) in [6.45, 7) is 1.32. The van der Waals surface area contributed by atoms with Crippen LogP contribution in [0, 0.1) is 5.92 Å². The SMILES string of the molecule is NC(=O)C1CCN(C(=O)CSCc2cccs2)CC1. The van der Waals surface area contributed by atoms with Crippen molar-refractivity contribution in [3.63, 3.8) is 0 Å². The van der Waals surface area contributed by atoms with Crippen LogP contribution in [0.4, 0.5) is 0 Å². The van der Waals surface area contributed by atoms with Crippen molar-refractivity contribution in [2.75, 3.05) is 18.8 Å². The van der Waals surface area contributed by atoms with E-state index in [1.54, 1.807) is 23.1 Å². The highest BCUT2D eigenvalue weighted by atomic mass is 32.2. The van der Waals surface area contributed by atoms with E-state index in [2.05, 4.69) is 6.07 Å². The average molecular weight is 298 g/mol. The second-order valence-corrected chi connectivity index (χ2v) is 6.65. The molecule has 2 rings (SSSR count). The van der Waals surface area contributed by atoms with Crippen LogP contribution in [0.3, 0.4) is 0 Å². The summed E-state index contributed by atoms with van der Waals surface area (Å²) < 4.78 is 0. The fourth-order valence-corrected chi connectivity index (χ4v) is 3.91. The van der Waals surface area contributed by atoms with Crippen LogP contribution in [0.2, 0.25) is 0 Å². The van der Waals surface area contributed by atoms with Gasteiger partial charge in [0.1, 0.15) is 0 Å². The third-order valence-corrected chi connectivity index (χ3v) is 5.33. The van der Waals surface area contributed by atoms with E-state index in [1.807, 2.05) is 16.3 Å². The molecule has 1 aromatic heterocycles. The number of piperidine rings is 1. The predicted octanol–water partition coefficient (Wildman–Crippen LogP) is 1.71. The van der Waals surface area contributed by atoms with Gasteiger partial charge in [-0.2, -0.15) is 0 Å². The van der Waals surface area contributed by atoms with Gasteiger partial charge in [-0.15, -0.1) is 23.1 Å². The van der Waals surface area contributed by atoms with Crippen LogP contribution in [0.25, 0.3) is 0 Å². The number of thiophene rings is 1. The molecule has 2 N–H and O–H groups in total. The normalized spacial score (nSPS) is 16.5. The lowest BCUT2D eigenvalue weighted by Crippen LogP contribution is -2.42. The van der Waals surface area contributed by atoms with Crippen molar-refractivity contribution in [1.29, 1.82) is 0 Å². The summed E-state index contributed by atoms with van der Waals surface area (Å²) in [6, 6.07) is 4.11. The summed E-state index contributed by atoms with van der Waals surface area (Å²) >= 11 is 3.36. The van der Waals surface area contributed by atoms with E-state index in [-0.39, 0.29) is 17.7 Å². The van der Waals surface area contributed by atoms with Crippen LogP contribution >= 0.6 is 23.1 Å². The molecule has 1 aliphatic rings. The van der Waals surface area contributed by atoms with Crippen molar-refractivity contribution in [3.8, 4) is 0 Å². The number of hydrogen-bond acceptors (Lipinski definition) is 4. The van der Waals surface area contributed by atoms with Crippen LogP contribution in [-0.2, 0) is 15.3 Å². The standard InChI is InChI=1S/C13H18N2O2S2/c14-13(17)10-3-5-15(6-4-10)12(16)9-18-8-11-2-1-7-19-11/h1-2,7,10H,3-6,8-9H2,(H2,14,17). The number of thioether (sulfide) groups is 1. The molecular formula is C13H18N2O2S2. The van der Waals surface area contributed by atoms with Gasteiger partial charge in [0.05, 0.1) is 5.75 Å². The van der Waals surface area contributed by atoms with E-state index >= 15 is 0 Å². The Morgan fingerprint density at radius 2 is 2.16 bits per heavy atom. The molecular weight excluding hydrogens is 280 g/mol. The number of amides is 2. The highest BCUT2D eigenvalue weighted by Crippen LogP contribution is 2.20. The maximum Gasteiger partial charge on any atom is 0.232 e. The quantitative estimate of drug-likeness (QED) is 0.900. The number of nitrogens with zero attached hydrogens (tertiary/aromatic N) is 1. The van der Waals surface area contributed by atoms with Crippen molar-refractivity contribution in [2.24, 2.45) is 11.7 Å². The number of hydrogen-bond donors (Lipinski definition) is 1. The van der Waals surface area contributed by atoms with Crippen molar-refractivity contribution in [1.82, 2.24) is 4.90 Å². The Bertz CT molecular complexity index is 426. The molecule has 1 fully saturated rings. The molecule has 104 valence electrons. The van der Waals surface area contributed by atoms with Gasteiger partial charge in [-0.05, 0) is 24.3 Å². The minimum absolute atomic E-state index is 0.0529. The molecule has 0 aliphatic carbocycles. The van der Waals surface area contributed by atoms with Gasteiger partial charge in [-0.3, -0.25) is 9.59 Å². The Balaban J connectivity index is 1.68. The van der Waals surface area contributed by atoms with Gasteiger partial charge in [0.15, 0.2) is 0 Å². The molecule has 0 radical (unpaired) electrons. The van der Waals surface area contributed by atoms with E-state index in [4.69, 9.17) is 5.73 Å². The monoisotopic (exact) mass is 298 g/mol. The molecule has 0 atom stereocenters. The molecule has 0 aromatic carbocycles. The van der Waals surface area contributed by atoms with Crippen molar-refractivity contribution in [3.05, 3.63) is 22.4 Å². The molecule has 1 aliphatic heterocycles. The van der Waals surface area contributed by atoms with Gasteiger partial charge < -0.3 is 10.6 Å². The zero-order chi connectivity index (χ0) is 13.7. The van der Waals surface area contributed by atoms with E-state index in [0.717, 1.165) is 5.75 Å². The second kappa shape index (κ2) is 6.96. The summed E-state index contributed by atoms with van der Waals surface area (Å²) in [6.07, 6.45) is 1.41. The van der Waals surface area contributed by atoms with Crippen molar-refractivity contribution in [2.45, 2.75) is 18.6 Å². The van der Waals surface area contributed by atoms with Crippen LogP contribution in [-0.4, -0.2) is 35.6 Å². The zero-order valence-electron chi connectivity index (χ0n) is 10.7. The van der Waals surface area contributed by atoms with E-state index in [1.165, 1.54) is 4.88 Å². The fourth-order valence-electron chi connectivity index (χ4n) is 2.14. The predicted molar refractivity (Wildman–Crippen MR) is 79.0 cm³/mol. The van der Waals surface area contributed by atoms with E-state index in [9.17, 15) is 9.59 Å². The van der Waals surface area contributed by atoms with Crippen molar-refractivity contribution < 1.29 is 9.59 Å². The molecule has 0 saturated carbocycles. The summed E-state index contributed by atoms with van der Waals surface area (Å²) in [5, 5.41) is 2.05. The summed E-state index contributed by atoms with van der Waals surface area (Å²) in [5.74, 6) is 1.28. The first-order chi connectivity index (χ1) is 9.16. The van der Waals surface area contributed by atoms with Gasteiger partial charge in [-0.25, -0.2) is 0 Å². The lowest BCUT2D eigenvalue weighted by atomic mass is 9.96. The van der Waals surface area contributed by atoms with E-state index in [0.29, 0.717) is 31.7 Å². The Hall–Kier alpha value is -1.01. The maximum absolute atomic E-state index is 12.0. The lowest BCUT2D eigenvalue weighted by Gasteiger charge is -2.30. The Morgan fingerprint density at radius 3 is 2.74 bits per heavy atom. The molecule has 6 heteroatoms. The number of primary amides is 1. The van der Waals surface area contributed by atoms with Gasteiger partial charge in [0.25, 0.3) is 0 Å². The van der Waals surface area contributed by atoms with E-state index < -0.39 is 0 Å². The third kappa shape index (κ3) is 4.24. The maximum atomic E-state index is 12.0. The number of carbonyl (C=O) groups is 2. The Kier molecular flexibility index (Phi) is 5.27. The largest absolute Gasteiger partial charge is 0.369 e. The van der Waals surface area contributed by atoms with Gasteiger partial charge >= 0.3 is 0 Å². The molecule has 2 amide bonds. The number of likely N-dealkylation sites (tertiary alicyclic amines) is 1. The van der Waals surface area contributed by atoms with Gasteiger partial charge in [0.2, 0.25) is 11.8 Å². The number of rotatable bonds is 5. The molecule has 2 heterocycles. The smallest absolute Gasteiger partial charge is 0.232 e. The topological polar surface area (TPSA) is 63.4 Å². The van der Waals surface area contributed by atoms with Crippen LogP contribution in [0.15, 0.2) is 17.5 Å². The molecule has 0 unspecified atom stereocenters. The highest BCUT2D eigenvalue weighted by molar-refractivity contribution is 7.99. The fraction of sp³-hybridized carbons (Fsp3) is 0.538. The first-order valence-corrected chi connectivity index (χ1v) is 8.37. The third-order valence-electron chi connectivity index (χ3n) is 3.30. The second-order valence-electron chi connectivity index (χ2n) is 4.63. The molecule has 0 bridgehead atoms. The summed E-state index contributed by atoms with van der Waals surface area (Å²) in [7, 11) is 0. The molecule has 1 aromatic rings. The highest BCUT2D eigenvalue weighted by Gasteiger charge is 2.25. The van der Waals surface area contributed by atoms with Gasteiger partial charge in [0, 0.05) is 29.6 Å². The zero-order valence-corrected chi connectivity index (χ0v) is 12.3. The molecule has 1 saturated heterocycles.